The van der Waals surface area contributed by atoms with Crippen LogP contribution < -0.4 is 0 Å². The molecule has 3 rings (SSSR count). The highest BCUT2D eigenvalue weighted by Crippen LogP contribution is 2.23. The number of carboxylic acid groups (broad SMARTS) is 1. The van der Waals surface area contributed by atoms with Gasteiger partial charge in [0.05, 0.1) is 13.2 Å². The number of morpholine rings is 1. The zero-order chi connectivity index (χ0) is 15.9. The van der Waals surface area contributed by atoms with Gasteiger partial charge in [0.1, 0.15) is 5.69 Å². The second-order valence-corrected chi connectivity index (χ2v) is 5.60. The number of H-pyrrole nitrogens is 1. The molecule has 1 saturated heterocycles. The molecule has 0 saturated carbocycles. The first-order valence-corrected chi connectivity index (χ1v) is 7.20. The van der Waals surface area contributed by atoms with Crippen LogP contribution in [0.25, 0.3) is 10.9 Å². The van der Waals surface area contributed by atoms with E-state index in [1.807, 2.05) is 32.0 Å². The van der Waals surface area contributed by atoms with Crippen LogP contribution in [0.4, 0.5) is 0 Å². The number of aliphatic carboxylic acids is 1. The lowest BCUT2D eigenvalue weighted by Gasteiger charge is -2.30. The molecule has 1 aromatic heterocycles. The van der Waals surface area contributed by atoms with Gasteiger partial charge in [-0.2, -0.15) is 0 Å². The Balaban J connectivity index is 1.89. The van der Waals surface area contributed by atoms with E-state index in [0.717, 1.165) is 16.5 Å². The van der Waals surface area contributed by atoms with Crippen molar-refractivity contribution in [1.82, 2.24) is 9.88 Å². The number of benzene rings is 1. The molecule has 1 aliphatic rings. The van der Waals surface area contributed by atoms with Gasteiger partial charge in [0.25, 0.3) is 5.91 Å². The van der Waals surface area contributed by atoms with Crippen LogP contribution in [-0.4, -0.2) is 52.7 Å². The summed E-state index contributed by atoms with van der Waals surface area (Å²) in [5.74, 6) is -1.23. The number of hydrogen-bond donors (Lipinski definition) is 2. The molecule has 1 fully saturated rings. The molecule has 1 atom stereocenters. The number of amides is 1. The SMILES string of the molecule is Cc1ccc2[nH]c(C(=O)N3CCO[C@@H](C(=O)O)C3)cc2c1C. The van der Waals surface area contributed by atoms with Gasteiger partial charge in [0, 0.05) is 17.4 Å². The lowest BCUT2D eigenvalue weighted by molar-refractivity contribution is -0.154. The fourth-order valence-corrected chi connectivity index (χ4v) is 2.73. The van der Waals surface area contributed by atoms with Gasteiger partial charge in [-0.05, 0) is 37.1 Å². The quantitative estimate of drug-likeness (QED) is 0.884. The van der Waals surface area contributed by atoms with E-state index in [-0.39, 0.29) is 19.1 Å². The number of carboxylic acids is 1. The van der Waals surface area contributed by atoms with Crippen LogP contribution in [0.15, 0.2) is 18.2 Å². The van der Waals surface area contributed by atoms with E-state index in [1.165, 1.54) is 10.5 Å². The van der Waals surface area contributed by atoms with Crippen LogP contribution in [0.5, 0.6) is 0 Å². The monoisotopic (exact) mass is 302 g/mol. The van der Waals surface area contributed by atoms with Gasteiger partial charge in [-0.25, -0.2) is 4.79 Å². The van der Waals surface area contributed by atoms with E-state index in [2.05, 4.69) is 4.98 Å². The van der Waals surface area contributed by atoms with Gasteiger partial charge in [-0.15, -0.1) is 0 Å². The van der Waals surface area contributed by atoms with Gasteiger partial charge in [-0.3, -0.25) is 4.79 Å². The first-order valence-electron chi connectivity index (χ1n) is 7.20. The second-order valence-electron chi connectivity index (χ2n) is 5.60. The Kier molecular flexibility index (Phi) is 3.62. The highest BCUT2D eigenvalue weighted by atomic mass is 16.5. The number of fused-ring (bicyclic) bond motifs is 1. The molecule has 2 aromatic rings. The molecule has 116 valence electrons. The Morgan fingerprint density at radius 3 is 2.86 bits per heavy atom. The van der Waals surface area contributed by atoms with Crippen molar-refractivity contribution in [3.63, 3.8) is 0 Å². The summed E-state index contributed by atoms with van der Waals surface area (Å²) in [6.07, 6.45) is -0.953. The zero-order valence-electron chi connectivity index (χ0n) is 12.5. The zero-order valence-corrected chi connectivity index (χ0v) is 12.5. The predicted octanol–water partition coefficient (Wildman–Crippen LogP) is 1.71. The largest absolute Gasteiger partial charge is 0.479 e. The van der Waals surface area contributed by atoms with E-state index in [0.29, 0.717) is 12.2 Å². The van der Waals surface area contributed by atoms with Gasteiger partial charge in [-0.1, -0.05) is 6.07 Å². The summed E-state index contributed by atoms with van der Waals surface area (Å²) < 4.78 is 5.15. The van der Waals surface area contributed by atoms with Crippen LogP contribution in [0, 0.1) is 13.8 Å². The number of hydrogen-bond acceptors (Lipinski definition) is 3. The number of carbonyl (C=O) groups is 2. The minimum atomic E-state index is -1.04. The Labute approximate surface area is 127 Å². The number of aryl methyl sites for hydroxylation is 2. The molecule has 2 heterocycles. The Bertz CT molecular complexity index is 750. The van der Waals surface area contributed by atoms with E-state index in [4.69, 9.17) is 9.84 Å². The maximum atomic E-state index is 12.6. The van der Waals surface area contributed by atoms with Crippen molar-refractivity contribution in [1.29, 1.82) is 0 Å². The second kappa shape index (κ2) is 5.46. The summed E-state index contributed by atoms with van der Waals surface area (Å²) in [5.41, 5.74) is 3.70. The fraction of sp³-hybridized carbons (Fsp3) is 0.375. The van der Waals surface area contributed by atoms with Crippen molar-refractivity contribution in [2.45, 2.75) is 20.0 Å². The third-order valence-electron chi connectivity index (χ3n) is 4.20. The summed E-state index contributed by atoms with van der Waals surface area (Å²) >= 11 is 0. The first kappa shape index (κ1) is 14.6. The Morgan fingerprint density at radius 1 is 1.36 bits per heavy atom. The molecule has 6 heteroatoms. The van der Waals surface area contributed by atoms with Crippen LogP contribution in [0.2, 0.25) is 0 Å². The van der Waals surface area contributed by atoms with Crippen molar-refractivity contribution in [3.8, 4) is 0 Å². The summed E-state index contributed by atoms with van der Waals surface area (Å²) in [6.45, 7) is 4.76. The van der Waals surface area contributed by atoms with E-state index in [9.17, 15) is 9.59 Å². The molecule has 0 radical (unpaired) electrons. The molecule has 0 aliphatic carbocycles. The molecule has 0 spiro atoms. The molecular formula is C16H18N2O4. The lowest BCUT2D eigenvalue weighted by Crippen LogP contribution is -2.48. The van der Waals surface area contributed by atoms with Crippen LogP contribution >= 0.6 is 0 Å². The molecule has 6 nitrogen and oxygen atoms in total. The summed E-state index contributed by atoms with van der Waals surface area (Å²) in [4.78, 5) is 28.2. The lowest BCUT2D eigenvalue weighted by atomic mass is 10.1. The number of carbonyl (C=O) groups excluding carboxylic acids is 1. The third kappa shape index (κ3) is 2.46. The predicted molar refractivity (Wildman–Crippen MR) is 81.1 cm³/mol. The number of aromatic amines is 1. The van der Waals surface area contributed by atoms with E-state index < -0.39 is 12.1 Å². The van der Waals surface area contributed by atoms with E-state index >= 15 is 0 Å². The van der Waals surface area contributed by atoms with Gasteiger partial charge < -0.3 is 19.7 Å². The van der Waals surface area contributed by atoms with Crippen molar-refractivity contribution in [2.75, 3.05) is 19.7 Å². The van der Waals surface area contributed by atoms with Crippen molar-refractivity contribution in [2.24, 2.45) is 0 Å². The maximum Gasteiger partial charge on any atom is 0.334 e. The summed E-state index contributed by atoms with van der Waals surface area (Å²) in [6, 6.07) is 5.80. The number of ether oxygens (including phenoxy) is 1. The average Bonchev–Trinajstić information content (AvgIpc) is 2.95. The standard InChI is InChI=1S/C16H18N2O4/c1-9-3-4-12-11(10(9)2)7-13(17-12)15(19)18-5-6-22-14(8-18)16(20)21/h3-4,7,14,17H,5-6,8H2,1-2H3,(H,20,21)/t14-/m1/s1. The normalized spacial score (nSPS) is 18.6. The maximum absolute atomic E-state index is 12.6. The molecule has 1 aliphatic heterocycles. The minimum absolute atomic E-state index is 0.0710. The van der Waals surface area contributed by atoms with Crippen molar-refractivity contribution >= 4 is 22.8 Å². The number of aromatic nitrogens is 1. The van der Waals surface area contributed by atoms with Gasteiger partial charge in [0.15, 0.2) is 6.10 Å². The average molecular weight is 302 g/mol. The molecule has 1 amide bonds. The molecule has 1 aromatic carbocycles. The Morgan fingerprint density at radius 2 is 2.14 bits per heavy atom. The number of nitrogens with one attached hydrogen (secondary N) is 1. The minimum Gasteiger partial charge on any atom is -0.479 e. The van der Waals surface area contributed by atoms with E-state index in [1.54, 1.807) is 0 Å². The topological polar surface area (TPSA) is 82.6 Å². The summed E-state index contributed by atoms with van der Waals surface area (Å²) in [7, 11) is 0. The van der Waals surface area contributed by atoms with Gasteiger partial charge >= 0.3 is 5.97 Å². The summed E-state index contributed by atoms with van der Waals surface area (Å²) in [5, 5.41) is 10.0. The van der Waals surface area contributed by atoms with Crippen LogP contribution in [-0.2, 0) is 9.53 Å². The third-order valence-corrected chi connectivity index (χ3v) is 4.20. The smallest absolute Gasteiger partial charge is 0.334 e. The Hall–Kier alpha value is -2.34. The van der Waals surface area contributed by atoms with Crippen molar-refractivity contribution in [3.05, 3.63) is 35.0 Å². The molecule has 22 heavy (non-hydrogen) atoms. The van der Waals surface area contributed by atoms with Crippen LogP contribution in [0.1, 0.15) is 21.6 Å². The highest BCUT2D eigenvalue weighted by molar-refractivity contribution is 5.99. The molecular weight excluding hydrogens is 284 g/mol. The van der Waals surface area contributed by atoms with Crippen molar-refractivity contribution < 1.29 is 19.4 Å². The number of rotatable bonds is 2. The molecule has 0 bridgehead atoms. The van der Waals surface area contributed by atoms with Crippen LogP contribution in [0.3, 0.4) is 0 Å². The number of nitrogens with zero attached hydrogens (tertiary/aromatic N) is 1. The first-order chi connectivity index (χ1) is 10.5. The fourth-order valence-electron chi connectivity index (χ4n) is 2.73. The molecule has 0 unspecified atom stereocenters. The molecule has 2 N–H and O–H groups in total. The highest BCUT2D eigenvalue weighted by Gasteiger charge is 2.30. The van der Waals surface area contributed by atoms with Gasteiger partial charge in [0.2, 0.25) is 0 Å².